The molecular weight excluding hydrogens is 264 g/mol. The van der Waals surface area contributed by atoms with Gasteiger partial charge in [-0.2, -0.15) is 5.10 Å². The predicted molar refractivity (Wildman–Crippen MR) is 84.4 cm³/mol. The Bertz CT molecular complexity index is 565. The maximum atomic E-state index is 12.4. The van der Waals surface area contributed by atoms with Gasteiger partial charge in [-0.3, -0.25) is 9.48 Å². The van der Waals surface area contributed by atoms with Gasteiger partial charge in [0.1, 0.15) is 0 Å². The summed E-state index contributed by atoms with van der Waals surface area (Å²) in [5, 5.41) is 10.4. The molecule has 5 heteroatoms. The fourth-order valence-corrected chi connectivity index (χ4v) is 2.13. The predicted octanol–water partition coefficient (Wildman–Crippen LogP) is 2.52. The van der Waals surface area contributed by atoms with Crippen molar-refractivity contribution in [1.29, 1.82) is 0 Å². The molecule has 0 aliphatic heterocycles. The summed E-state index contributed by atoms with van der Waals surface area (Å²) in [5.41, 5.74) is 1.56. The highest BCUT2D eigenvalue weighted by atomic mass is 16.1. The molecule has 0 radical (unpaired) electrons. The smallest absolute Gasteiger partial charge is 0.253 e. The van der Waals surface area contributed by atoms with Crippen LogP contribution in [0.4, 0.5) is 5.69 Å². The summed E-state index contributed by atoms with van der Waals surface area (Å²) in [5.74, 6) is -0.0612. The summed E-state index contributed by atoms with van der Waals surface area (Å²) in [7, 11) is 0. The van der Waals surface area contributed by atoms with Gasteiger partial charge in [0.05, 0.1) is 12.1 Å². The average Bonchev–Trinajstić information content (AvgIpc) is 2.98. The molecule has 1 aromatic carbocycles. The Morgan fingerprint density at radius 3 is 2.86 bits per heavy atom. The van der Waals surface area contributed by atoms with Crippen molar-refractivity contribution >= 4 is 11.6 Å². The van der Waals surface area contributed by atoms with Crippen molar-refractivity contribution in [3.8, 4) is 0 Å². The maximum absolute atomic E-state index is 12.4. The van der Waals surface area contributed by atoms with Gasteiger partial charge in [-0.15, -0.1) is 0 Å². The number of hydrogen-bond donors (Lipinski definition) is 2. The number of hydrogen-bond acceptors (Lipinski definition) is 3. The van der Waals surface area contributed by atoms with E-state index in [0.717, 1.165) is 18.7 Å². The van der Waals surface area contributed by atoms with Crippen LogP contribution < -0.4 is 10.6 Å². The van der Waals surface area contributed by atoms with Crippen molar-refractivity contribution in [3.63, 3.8) is 0 Å². The minimum Gasteiger partial charge on any atom is -0.384 e. The van der Waals surface area contributed by atoms with Crippen LogP contribution in [0.3, 0.4) is 0 Å². The molecule has 1 atom stereocenters. The van der Waals surface area contributed by atoms with Gasteiger partial charge in [0.2, 0.25) is 0 Å². The Hall–Kier alpha value is -2.30. The number of carbonyl (C=O) groups is 1. The molecule has 2 rings (SSSR count). The van der Waals surface area contributed by atoms with Crippen molar-refractivity contribution in [2.75, 3.05) is 11.9 Å². The monoisotopic (exact) mass is 286 g/mol. The summed E-state index contributed by atoms with van der Waals surface area (Å²) >= 11 is 0. The van der Waals surface area contributed by atoms with E-state index in [4.69, 9.17) is 0 Å². The minimum atomic E-state index is -0.0612. The lowest BCUT2D eigenvalue weighted by Gasteiger charge is -2.16. The van der Waals surface area contributed by atoms with Crippen LogP contribution in [0, 0.1) is 0 Å². The maximum Gasteiger partial charge on any atom is 0.253 e. The molecule has 0 saturated heterocycles. The Labute approximate surface area is 125 Å². The van der Waals surface area contributed by atoms with E-state index in [-0.39, 0.29) is 11.9 Å². The molecule has 1 aromatic heterocycles. The SMILES string of the molecule is CCCNc1ccccc1C(=O)NC(C)Cn1cccn1. The van der Waals surface area contributed by atoms with Gasteiger partial charge in [-0.1, -0.05) is 19.1 Å². The van der Waals surface area contributed by atoms with Gasteiger partial charge >= 0.3 is 0 Å². The zero-order valence-corrected chi connectivity index (χ0v) is 12.5. The van der Waals surface area contributed by atoms with Crippen LogP contribution in [0.1, 0.15) is 30.6 Å². The molecule has 21 heavy (non-hydrogen) atoms. The van der Waals surface area contributed by atoms with Crippen LogP contribution in [0.15, 0.2) is 42.7 Å². The number of carbonyl (C=O) groups excluding carboxylic acids is 1. The summed E-state index contributed by atoms with van der Waals surface area (Å²) < 4.78 is 1.81. The number of benzene rings is 1. The molecule has 0 fully saturated rings. The first-order valence-corrected chi connectivity index (χ1v) is 7.32. The molecule has 0 spiro atoms. The van der Waals surface area contributed by atoms with E-state index < -0.39 is 0 Å². The van der Waals surface area contributed by atoms with Crippen LogP contribution in [-0.2, 0) is 6.54 Å². The van der Waals surface area contributed by atoms with E-state index in [1.807, 2.05) is 48.1 Å². The molecule has 1 heterocycles. The number of nitrogens with zero attached hydrogens (tertiary/aromatic N) is 2. The first-order chi connectivity index (χ1) is 10.2. The standard InChI is InChI=1S/C16H22N4O/c1-3-9-17-15-8-5-4-7-14(15)16(21)19-13(2)12-20-11-6-10-18-20/h4-8,10-11,13,17H,3,9,12H2,1-2H3,(H,19,21). The first-order valence-electron chi connectivity index (χ1n) is 7.32. The van der Waals surface area contributed by atoms with E-state index in [2.05, 4.69) is 22.7 Å². The second-order valence-corrected chi connectivity index (χ2v) is 5.07. The first kappa shape index (κ1) is 15.1. The average molecular weight is 286 g/mol. The van der Waals surface area contributed by atoms with Crippen molar-refractivity contribution < 1.29 is 4.79 Å². The highest BCUT2D eigenvalue weighted by Gasteiger charge is 2.13. The molecule has 0 bridgehead atoms. The fraction of sp³-hybridized carbons (Fsp3) is 0.375. The van der Waals surface area contributed by atoms with Crippen LogP contribution in [0.25, 0.3) is 0 Å². The summed E-state index contributed by atoms with van der Waals surface area (Å²) in [6.45, 7) is 5.58. The van der Waals surface area contributed by atoms with Gasteiger partial charge < -0.3 is 10.6 Å². The van der Waals surface area contributed by atoms with Gasteiger partial charge in [-0.05, 0) is 31.5 Å². The molecule has 2 aromatic rings. The Morgan fingerprint density at radius 2 is 2.14 bits per heavy atom. The molecule has 1 amide bonds. The molecule has 0 aliphatic rings. The van der Waals surface area contributed by atoms with E-state index in [1.54, 1.807) is 6.20 Å². The van der Waals surface area contributed by atoms with E-state index >= 15 is 0 Å². The third-order valence-electron chi connectivity index (χ3n) is 3.13. The zero-order valence-electron chi connectivity index (χ0n) is 12.5. The third-order valence-corrected chi connectivity index (χ3v) is 3.13. The summed E-state index contributed by atoms with van der Waals surface area (Å²) in [6, 6.07) is 9.47. The van der Waals surface area contributed by atoms with Gasteiger partial charge in [0.25, 0.3) is 5.91 Å². The lowest BCUT2D eigenvalue weighted by Crippen LogP contribution is -2.36. The normalized spacial score (nSPS) is 11.9. The minimum absolute atomic E-state index is 0.0108. The highest BCUT2D eigenvalue weighted by Crippen LogP contribution is 2.15. The zero-order chi connectivity index (χ0) is 15.1. The molecule has 1 unspecified atom stereocenters. The van der Waals surface area contributed by atoms with Crippen molar-refractivity contribution in [2.24, 2.45) is 0 Å². The van der Waals surface area contributed by atoms with E-state index in [1.165, 1.54) is 0 Å². The van der Waals surface area contributed by atoms with Crippen molar-refractivity contribution in [1.82, 2.24) is 15.1 Å². The topological polar surface area (TPSA) is 59.0 Å². The third kappa shape index (κ3) is 4.34. The number of para-hydroxylation sites is 1. The lowest BCUT2D eigenvalue weighted by atomic mass is 10.1. The van der Waals surface area contributed by atoms with Gasteiger partial charge in [0.15, 0.2) is 0 Å². The quantitative estimate of drug-likeness (QED) is 0.822. The number of aromatic nitrogens is 2. The molecule has 2 N–H and O–H groups in total. The van der Waals surface area contributed by atoms with Gasteiger partial charge in [-0.25, -0.2) is 0 Å². The van der Waals surface area contributed by atoms with Gasteiger partial charge in [0, 0.05) is 30.7 Å². The van der Waals surface area contributed by atoms with E-state index in [9.17, 15) is 4.79 Å². The number of anilines is 1. The van der Waals surface area contributed by atoms with Crippen LogP contribution >= 0.6 is 0 Å². The fourth-order valence-electron chi connectivity index (χ4n) is 2.13. The highest BCUT2D eigenvalue weighted by molar-refractivity contribution is 5.99. The largest absolute Gasteiger partial charge is 0.384 e. The number of rotatable bonds is 7. The molecule has 0 saturated carbocycles. The Balaban J connectivity index is 1.99. The second-order valence-electron chi connectivity index (χ2n) is 5.07. The number of amides is 1. The Kier molecular flexibility index (Phi) is 5.37. The molecule has 5 nitrogen and oxygen atoms in total. The van der Waals surface area contributed by atoms with E-state index in [0.29, 0.717) is 12.1 Å². The molecule has 0 aliphatic carbocycles. The van der Waals surface area contributed by atoms with Crippen molar-refractivity contribution in [3.05, 3.63) is 48.3 Å². The lowest BCUT2D eigenvalue weighted by molar-refractivity contribution is 0.0937. The summed E-state index contributed by atoms with van der Waals surface area (Å²) in [6.07, 6.45) is 4.64. The number of nitrogens with one attached hydrogen (secondary N) is 2. The molecule has 112 valence electrons. The Morgan fingerprint density at radius 1 is 1.33 bits per heavy atom. The van der Waals surface area contributed by atoms with Crippen LogP contribution in [0.5, 0.6) is 0 Å². The summed E-state index contributed by atoms with van der Waals surface area (Å²) in [4.78, 5) is 12.4. The van der Waals surface area contributed by atoms with Crippen LogP contribution in [-0.4, -0.2) is 28.3 Å². The second kappa shape index (κ2) is 7.47. The van der Waals surface area contributed by atoms with Crippen LogP contribution in [0.2, 0.25) is 0 Å². The molecular formula is C16H22N4O. The van der Waals surface area contributed by atoms with Crippen molar-refractivity contribution in [2.45, 2.75) is 32.9 Å².